The number of nitrogens with one attached hydrogen (secondary N) is 1. The molecule has 2 rings (SSSR count). The molecule has 1 aromatic heterocycles. The third-order valence-electron chi connectivity index (χ3n) is 3.60. The summed E-state index contributed by atoms with van der Waals surface area (Å²) in [6, 6.07) is 0.992. The van der Waals surface area contributed by atoms with E-state index in [2.05, 4.69) is 36.2 Å². The highest BCUT2D eigenvalue weighted by molar-refractivity contribution is 4.91. The third kappa shape index (κ3) is 2.43. The van der Waals surface area contributed by atoms with E-state index in [0.29, 0.717) is 17.5 Å². The molecule has 1 N–H and O–H groups in total. The zero-order valence-corrected chi connectivity index (χ0v) is 10.5. The number of likely N-dealkylation sites (N-methyl/N-ethyl adjacent to an activating group) is 1. The molecule has 0 spiro atoms. The Morgan fingerprint density at radius 3 is 2.94 bits per heavy atom. The first kappa shape index (κ1) is 11.6. The molecular formula is C12H22N4. The van der Waals surface area contributed by atoms with Crippen LogP contribution < -0.4 is 5.32 Å². The van der Waals surface area contributed by atoms with Crippen LogP contribution in [0.25, 0.3) is 0 Å². The Balaban J connectivity index is 2.15. The Morgan fingerprint density at radius 2 is 2.31 bits per heavy atom. The summed E-state index contributed by atoms with van der Waals surface area (Å²) in [7, 11) is 0. The molecule has 4 nitrogen and oxygen atoms in total. The van der Waals surface area contributed by atoms with Gasteiger partial charge in [0, 0.05) is 6.04 Å². The van der Waals surface area contributed by atoms with Crippen molar-refractivity contribution in [3.63, 3.8) is 0 Å². The van der Waals surface area contributed by atoms with Gasteiger partial charge in [0.15, 0.2) is 0 Å². The minimum absolute atomic E-state index is 0.419. The minimum Gasteiger partial charge on any atom is -0.312 e. The lowest BCUT2D eigenvalue weighted by atomic mass is 9.73. The van der Waals surface area contributed by atoms with Crippen LogP contribution in [-0.4, -0.2) is 27.4 Å². The van der Waals surface area contributed by atoms with E-state index < -0.39 is 0 Å². The fraction of sp³-hybridized carbons (Fsp3) is 0.833. The molecule has 0 radical (unpaired) electrons. The number of hydrogen-bond donors (Lipinski definition) is 1. The molecule has 1 saturated carbocycles. The molecule has 16 heavy (non-hydrogen) atoms. The number of nitrogens with zero attached hydrogens (tertiary/aromatic N) is 3. The van der Waals surface area contributed by atoms with Crippen molar-refractivity contribution in [3.05, 3.63) is 12.7 Å². The molecule has 0 aromatic carbocycles. The van der Waals surface area contributed by atoms with E-state index in [1.807, 2.05) is 11.0 Å². The molecule has 1 aliphatic rings. The van der Waals surface area contributed by atoms with Crippen LogP contribution >= 0.6 is 0 Å². The van der Waals surface area contributed by atoms with Gasteiger partial charge in [-0.2, -0.15) is 5.10 Å². The molecule has 1 aliphatic carbocycles. The van der Waals surface area contributed by atoms with E-state index in [9.17, 15) is 0 Å². The second-order valence-electron chi connectivity index (χ2n) is 5.51. The van der Waals surface area contributed by atoms with Crippen molar-refractivity contribution in [2.45, 2.75) is 52.1 Å². The van der Waals surface area contributed by atoms with Gasteiger partial charge in [0.25, 0.3) is 0 Å². The Kier molecular flexibility index (Phi) is 3.28. The smallest absolute Gasteiger partial charge is 0.137 e. The van der Waals surface area contributed by atoms with Crippen molar-refractivity contribution in [3.8, 4) is 0 Å². The maximum absolute atomic E-state index is 4.30. The summed E-state index contributed by atoms with van der Waals surface area (Å²) in [6.45, 7) is 7.88. The maximum atomic E-state index is 4.30. The third-order valence-corrected chi connectivity index (χ3v) is 3.60. The molecule has 90 valence electrons. The summed E-state index contributed by atoms with van der Waals surface area (Å²) in [5.41, 5.74) is 0.419. The lowest BCUT2D eigenvalue weighted by molar-refractivity contribution is 0.135. The maximum Gasteiger partial charge on any atom is 0.137 e. The fourth-order valence-electron chi connectivity index (χ4n) is 2.72. The Labute approximate surface area is 97.5 Å². The van der Waals surface area contributed by atoms with Crippen molar-refractivity contribution >= 4 is 0 Å². The van der Waals surface area contributed by atoms with Crippen molar-refractivity contribution in [1.82, 2.24) is 20.1 Å². The monoisotopic (exact) mass is 222 g/mol. The van der Waals surface area contributed by atoms with E-state index in [4.69, 9.17) is 0 Å². The summed E-state index contributed by atoms with van der Waals surface area (Å²) in [5, 5.41) is 7.88. The second-order valence-corrected chi connectivity index (χ2v) is 5.51. The van der Waals surface area contributed by atoms with Gasteiger partial charge in [-0.05, 0) is 31.2 Å². The van der Waals surface area contributed by atoms with Crippen molar-refractivity contribution in [2.75, 3.05) is 6.54 Å². The molecule has 0 bridgehead atoms. The predicted molar refractivity (Wildman–Crippen MR) is 64.2 cm³/mol. The Hall–Kier alpha value is -0.900. The number of rotatable bonds is 3. The highest BCUT2D eigenvalue weighted by atomic mass is 15.3. The molecule has 4 heteroatoms. The van der Waals surface area contributed by atoms with E-state index in [1.54, 1.807) is 6.33 Å². The summed E-state index contributed by atoms with van der Waals surface area (Å²) in [4.78, 5) is 4.06. The zero-order chi connectivity index (χ0) is 11.6. The van der Waals surface area contributed by atoms with Gasteiger partial charge in [-0.15, -0.1) is 0 Å². The number of aromatic nitrogens is 3. The van der Waals surface area contributed by atoms with Crippen LogP contribution in [0.5, 0.6) is 0 Å². The van der Waals surface area contributed by atoms with Gasteiger partial charge in [-0.25, -0.2) is 9.67 Å². The lowest BCUT2D eigenvalue weighted by Gasteiger charge is -2.40. The largest absolute Gasteiger partial charge is 0.312 e. The second kappa shape index (κ2) is 4.53. The normalized spacial score (nSPS) is 29.2. The van der Waals surface area contributed by atoms with Crippen LogP contribution in [-0.2, 0) is 0 Å². The molecular weight excluding hydrogens is 200 g/mol. The van der Waals surface area contributed by atoms with Crippen molar-refractivity contribution in [2.24, 2.45) is 5.41 Å². The minimum atomic E-state index is 0.419. The summed E-state index contributed by atoms with van der Waals surface area (Å²) < 4.78 is 2.02. The average molecular weight is 222 g/mol. The van der Waals surface area contributed by atoms with Gasteiger partial charge in [0.05, 0.1) is 6.04 Å². The van der Waals surface area contributed by atoms with Crippen LogP contribution in [0.1, 0.15) is 46.1 Å². The highest BCUT2D eigenvalue weighted by Gasteiger charge is 2.35. The van der Waals surface area contributed by atoms with Crippen LogP contribution in [0.3, 0.4) is 0 Å². The molecule has 0 aliphatic heterocycles. The highest BCUT2D eigenvalue weighted by Crippen LogP contribution is 2.40. The van der Waals surface area contributed by atoms with Gasteiger partial charge in [0.2, 0.25) is 0 Å². The molecule has 1 fully saturated rings. The Bertz CT molecular complexity index is 318. The first-order chi connectivity index (χ1) is 7.62. The van der Waals surface area contributed by atoms with Crippen LogP contribution in [0.15, 0.2) is 12.7 Å². The van der Waals surface area contributed by atoms with Crippen molar-refractivity contribution < 1.29 is 0 Å². The van der Waals surface area contributed by atoms with Gasteiger partial charge in [-0.3, -0.25) is 0 Å². The van der Waals surface area contributed by atoms with Crippen LogP contribution in [0.4, 0.5) is 0 Å². The quantitative estimate of drug-likeness (QED) is 0.850. The van der Waals surface area contributed by atoms with Crippen LogP contribution in [0, 0.1) is 5.41 Å². The molecule has 0 saturated heterocycles. The standard InChI is InChI=1S/C12H22N4/c1-4-14-10-5-6-12(2,3)7-11(10)16-9-13-8-15-16/h8-11,14H,4-7H2,1-3H3. The van der Waals surface area contributed by atoms with Gasteiger partial charge in [-0.1, -0.05) is 20.8 Å². The topological polar surface area (TPSA) is 42.7 Å². The first-order valence-corrected chi connectivity index (χ1v) is 6.20. The van der Waals surface area contributed by atoms with E-state index >= 15 is 0 Å². The first-order valence-electron chi connectivity index (χ1n) is 6.20. The molecule has 1 aromatic rings. The van der Waals surface area contributed by atoms with Crippen molar-refractivity contribution in [1.29, 1.82) is 0 Å². The van der Waals surface area contributed by atoms with Gasteiger partial charge in [0.1, 0.15) is 12.7 Å². The van der Waals surface area contributed by atoms with E-state index in [1.165, 1.54) is 19.3 Å². The molecule has 1 heterocycles. The molecule has 0 amide bonds. The predicted octanol–water partition coefficient (Wildman–Crippen LogP) is 2.01. The molecule has 2 atom stereocenters. The Morgan fingerprint density at radius 1 is 1.50 bits per heavy atom. The van der Waals surface area contributed by atoms with Gasteiger partial charge >= 0.3 is 0 Å². The van der Waals surface area contributed by atoms with E-state index in [-0.39, 0.29) is 0 Å². The summed E-state index contributed by atoms with van der Waals surface area (Å²) in [6.07, 6.45) is 7.16. The zero-order valence-electron chi connectivity index (χ0n) is 10.5. The average Bonchev–Trinajstić information content (AvgIpc) is 2.74. The lowest BCUT2D eigenvalue weighted by Crippen LogP contribution is -2.44. The summed E-state index contributed by atoms with van der Waals surface area (Å²) >= 11 is 0. The SMILES string of the molecule is CCNC1CCC(C)(C)CC1n1cncn1. The van der Waals surface area contributed by atoms with E-state index in [0.717, 1.165) is 6.54 Å². The van der Waals surface area contributed by atoms with Gasteiger partial charge < -0.3 is 5.32 Å². The number of hydrogen-bond acceptors (Lipinski definition) is 3. The molecule has 2 unspecified atom stereocenters. The summed E-state index contributed by atoms with van der Waals surface area (Å²) in [5.74, 6) is 0. The van der Waals surface area contributed by atoms with Crippen LogP contribution in [0.2, 0.25) is 0 Å². The fourth-order valence-corrected chi connectivity index (χ4v) is 2.72.